The molecule has 1 unspecified atom stereocenters. The minimum atomic E-state index is 0.410. The van der Waals surface area contributed by atoms with Crippen LogP contribution in [0, 0.1) is 5.92 Å². The highest BCUT2D eigenvalue weighted by molar-refractivity contribution is 7.17. The number of hydrogen-bond acceptors (Lipinski definition) is 4. The second kappa shape index (κ2) is 5.99. The van der Waals surface area contributed by atoms with Crippen LogP contribution in [-0.2, 0) is 4.74 Å². The van der Waals surface area contributed by atoms with Crippen molar-refractivity contribution < 1.29 is 4.74 Å². The Morgan fingerprint density at radius 2 is 2.32 bits per heavy atom. The Hall–Kier alpha value is -0.970. The monoisotopic (exact) mass is 276 g/mol. The molecule has 2 aromatic heterocycles. The molecule has 0 saturated carbocycles. The molecule has 1 atom stereocenters. The Kier molecular flexibility index (Phi) is 4.11. The van der Waals surface area contributed by atoms with Gasteiger partial charge in [-0.05, 0) is 48.4 Å². The molecule has 2 aromatic rings. The van der Waals surface area contributed by atoms with Gasteiger partial charge in [-0.1, -0.05) is 6.92 Å². The van der Waals surface area contributed by atoms with Crippen molar-refractivity contribution in [3.8, 4) is 0 Å². The summed E-state index contributed by atoms with van der Waals surface area (Å²) in [6.07, 6.45) is 4.32. The van der Waals surface area contributed by atoms with E-state index in [1.54, 1.807) is 11.3 Å². The fraction of sp³-hybridized carbons (Fsp3) is 0.533. The predicted octanol–water partition coefficient (Wildman–Crippen LogP) is 3.37. The number of thiophene rings is 1. The van der Waals surface area contributed by atoms with Crippen molar-refractivity contribution in [1.29, 1.82) is 0 Å². The standard InChI is InChI=1S/C15H20N2OS/c1-2-16-15(11-3-6-18-7-4-11)12-9-14-13(17-10-12)5-8-19-14/h5,8-11,15-16H,2-4,6-7H2,1H3. The molecule has 1 aliphatic heterocycles. The first-order chi connectivity index (χ1) is 9.38. The predicted molar refractivity (Wildman–Crippen MR) is 79.6 cm³/mol. The molecule has 1 aliphatic rings. The van der Waals surface area contributed by atoms with Crippen LogP contribution in [0.25, 0.3) is 10.2 Å². The van der Waals surface area contributed by atoms with Gasteiger partial charge in [-0.3, -0.25) is 4.98 Å². The Bertz CT molecular complexity index is 534. The van der Waals surface area contributed by atoms with E-state index >= 15 is 0 Å². The summed E-state index contributed by atoms with van der Waals surface area (Å²) in [6.45, 7) is 4.94. The van der Waals surface area contributed by atoms with Crippen LogP contribution in [0.4, 0.5) is 0 Å². The van der Waals surface area contributed by atoms with Gasteiger partial charge in [0.05, 0.1) is 10.2 Å². The molecule has 1 saturated heterocycles. The first-order valence-corrected chi connectivity index (χ1v) is 7.90. The van der Waals surface area contributed by atoms with Crippen molar-refractivity contribution in [3.63, 3.8) is 0 Å². The summed E-state index contributed by atoms with van der Waals surface area (Å²) in [4.78, 5) is 4.58. The molecule has 3 heterocycles. The SMILES string of the molecule is CCNC(c1cnc2ccsc2c1)C1CCOCC1. The van der Waals surface area contributed by atoms with Crippen molar-refractivity contribution in [1.82, 2.24) is 10.3 Å². The first-order valence-electron chi connectivity index (χ1n) is 7.02. The quantitative estimate of drug-likeness (QED) is 0.929. The van der Waals surface area contributed by atoms with E-state index in [0.29, 0.717) is 12.0 Å². The van der Waals surface area contributed by atoms with Gasteiger partial charge < -0.3 is 10.1 Å². The molecule has 4 heteroatoms. The smallest absolute Gasteiger partial charge is 0.0809 e. The summed E-state index contributed by atoms with van der Waals surface area (Å²) in [5.74, 6) is 0.660. The second-order valence-corrected chi connectivity index (χ2v) is 6.01. The number of fused-ring (bicyclic) bond motifs is 1. The number of rotatable bonds is 4. The molecule has 1 fully saturated rings. The lowest BCUT2D eigenvalue weighted by Crippen LogP contribution is -2.32. The van der Waals surface area contributed by atoms with Crippen LogP contribution in [0.15, 0.2) is 23.7 Å². The van der Waals surface area contributed by atoms with E-state index < -0.39 is 0 Å². The molecule has 0 amide bonds. The number of aromatic nitrogens is 1. The van der Waals surface area contributed by atoms with Crippen LogP contribution in [0.5, 0.6) is 0 Å². The lowest BCUT2D eigenvalue weighted by molar-refractivity contribution is 0.0538. The van der Waals surface area contributed by atoms with E-state index in [1.165, 1.54) is 10.3 Å². The second-order valence-electron chi connectivity index (χ2n) is 5.06. The van der Waals surface area contributed by atoms with Gasteiger partial charge >= 0.3 is 0 Å². The average Bonchev–Trinajstić information content (AvgIpc) is 2.93. The highest BCUT2D eigenvalue weighted by atomic mass is 32.1. The van der Waals surface area contributed by atoms with E-state index in [2.05, 4.69) is 34.7 Å². The van der Waals surface area contributed by atoms with Crippen LogP contribution in [0.3, 0.4) is 0 Å². The third-order valence-electron chi connectivity index (χ3n) is 3.84. The maximum atomic E-state index is 5.48. The minimum Gasteiger partial charge on any atom is -0.381 e. The van der Waals surface area contributed by atoms with E-state index in [4.69, 9.17) is 4.74 Å². The molecular weight excluding hydrogens is 256 g/mol. The van der Waals surface area contributed by atoms with Gasteiger partial charge in [0.1, 0.15) is 0 Å². The number of ether oxygens (including phenoxy) is 1. The summed E-state index contributed by atoms with van der Waals surface area (Å²) < 4.78 is 6.77. The number of nitrogens with one attached hydrogen (secondary N) is 1. The van der Waals surface area contributed by atoms with E-state index in [0.717, 1.165) is 38.1 Å². The van der Waals surface area contributed by atoms with Gasteiger partial charge in [0.2, 0.25) is 0 Å². The van der Waals surface area contributed by atoms with Gasteiger partial charge in [-0.2, -0.15) is 0 Å². The Morgan fingerprint density at radius 3 is 3.11 bits per heavy atom. The van der Waals surface area contributed by atoms with Crippen molar-refractivity contribution in [2.45, 2.75) is 25.8 Å². The molecule has 0 aliphatic carbocycles. The molecule has 0 spiro atoms. The summed E-state index contributed by atoms with van der Waals surface area (Å²) in [6, 6.07) is 4.80. The molecule has 3 rings (SSSR count). The van der Waals surface area contributed by atoms with Gasteiger partial charge in [0, 0.05) is 25.5 Å². The molecule has 102 valence electrons. The molecule has 1 N–H and O–H groups in total. The molecule has 19 heavy (non-hydrogen) atoms. The highest BCUT2D eigenvalue weighted by Crippen LogP contribution is 2.31. The van der Waals surface area contributed by atoms with Gasteiger partial charge in [0.15, 0.2) is 0 Å². The number of pyridine rings is 1. The molecule has 0 bridgehead atoms. The lowest BCUT2D eigenvalue weighted by atomic mass is 9.87. The third-order valence-corrected chi connectivity index (χ3v) is 4.70. The zero-order valence-corrected chi connectivity index (χ0v) is 12.1. The summed E-state index contributed by atoms with van der Waals surface area (Å²) in [7, 11) is 0. The zero-order valence-electron chi connectivity index (χ0n) is 11.3. The fourth-order valence-electron chi connectivity index (χ4n) is 2.86. The average molecular weight is 276 g/mol. The third kappa shape index (κ3) is 2.81. The molecule has 0 aromatic carbocycles. The van der Waals surface area contributed by atoms with Crippen LogP contribution >= 0.6 is 11.3 Å². The van der Waals surface area contributed by atoms with Crippen LogP contribution in [0.2, 0.25) is 0 Å². The highest BCUT2D eigenvalue weighted by Gasteiger charge is 2.25. The van der Waals surface area contributed by atoms with Crippen molar-refractivity contribution >= 4 is 21.6 Å². The van der Waals surface area contributed by atoms with E-state index in [1.807, 2.05) is 6.20 Å². The minimum absolute atomic E-state index is 0.410. The number of nitrogens with zero attached hydrogens (tertiary/aromatic N) is 1. The van der Waals surface area contributed by atoms with E-state index in [-0.39, 0.29) is 0 Å². The molecule has 0 radical (unpaired) electrons. The van der Waals surface area contributed by atoms with Crippen molar-refractivity contribution in [2.24, 2.45) is 5.92 Å². The van der Waals surface area contributed by atoms with Crippen LogP contribution in [0.1, 0.15) is 31.4 Å². The maximum Gasteiger partial charge on any atom is 0.0809 e. The molecular formula is C15H20N2OS. The molecule has 3 nitrogen and oxygen atoms in total. The fourth-order valence-corrected chi connectivity index (χ4v) is 3.65. The van der Waals surface area contributed by atoms with Gasteiger partial charge in [0.25, 0.3) is 0 Å². The van der Waals surface area contributed by atoms with Crippen molar-refractivity contribution in [3.05, 3.63) is 29.3 Å². The normalized spacial score (nSPS) is 18.8. The summed E-state index contributed by atoms with van der Waals surface area (Å²) >= 11 is 1.77. The lowest BCUT2D eigenvalue weighted by Gasteiger charge is -2.31. The topological polar surface area (TPSA) is 34.2 Å². The van der Waals surface area contributed by atoms with E-state index in [9.17, 15) is 0 Å². The number of hydrogen-bond donors (Lipinski definition) is 1. The Balaban J connectivity index is 1.88. The van der Waals surface area contributed by atoms with Gasteiger partial charge in [-0.25, -0.2) is 0 Å². The van der Waals surface area contributed by atoms with Gasteiger partial charge in [-0.15, -0.1) is 11.3 Å². The summed E-state index contributed by atoms with van der Waals surface area (Å²) in [5.41, 5.74) is 2.43. The first kappa shape index (κ1) is 13.0. The summed E-state index contributed by atoms with van der Waals surface area (Å²) in [5, 5.41) is 5.74. The zero-order chi connectivity index (χ0) is 13.1. The maximum absolute atomic E-state index is 5.48. The Morgan fingerprint density at radius 1 is 1.47 bits per heavy atom. The van der Waals surface area contributed by atoms with Crippen LogP contribution < -0.4 is 5.32 Å². The van der Waals surface area contributed by atoms with Crippen molar-refractivity contribution in [2.75, 3.05) is 19.8 Å². The Labute approximate surface area is 118 Å². The largest absolute Gasteiger partial charge is 0.381 e. The van der Waals surface area contributed by atoms with Crippen LogP contribution in [-0.4, -0.2) is 24.7 Å².